The van der Waals surface area contributed by atoms with Gasteiger partial charge in [0.15, 0.2) is 11.5 Å². The largest absolute Gasteiger partial charge is 0.454 e. The Bertz CT molecular complexity index is 987. The predicted molar refractivity (Wildman–Crippen MR) is 101 cm³/mol. The summed E-state index contributed by atoms with van der Waals surface area (Å²) < 4.78 is 10.6. The number of benzene rings is 1. The molecule has 3 heterocycles. The average Bonchev–Trinajstić information content (AvgIpc) is 3.19. The second kappa shape index (κ2) is 7.70. The van der Waals surface area contributed by atoms with E-state index in [1.54, 1.807) is 24.7 Å². The molecule has 0 unspecified atom stereocenters. The van der Waals surface area contributed by atoms with Gasteiger partial charge < -0.3 is 14.8 Å². The lowest BCUT2D eigenvalue weighted by molar-refractivity contribution is -0.116. The van der Waals surface area contributed by atoms with Crippen molar-refractivity contribution < 1.29 is 14.3 Å². The number of aromatic nitrogens is 2. The van der Waals surface area contributed by atoms with Crippen LogP contribution in [0.15, 0.2) is 67.1 Å². The van der Waals surface area contributed by atoms with E-state index in [0.29, 0.717) is 12.3 Å². The molecule has 1 amide bonds. The number of ether oxygens (including phenoxy) is 2. The minimum atomic E-state index is -0.174. The van der Waals surface area contributed by atoms with Crippen molar-refractivity contribution in [3.8, 4) is 22.8 Å². The van der Waals surface area contributed by atoms with Crippen molar-refractivity contribution in [2.75, 3.05) is 6.79 Å². The third kappa shape index (κ3) is 4.12. The van der Waals surface area contributed by atoms with Crippen molar-refractivity contribution in [1.82, 2.24) is 15.3 Å². The molecular formula is C21H17N3O3. The van der Waals surface area contributed by atoms with Crippen molar-refractivity contribution in [2.45, 2.75) is 6.54 Å². The average molecular weight is 359 g/mol. The first kappa shape index (κ1) is 16.8. The minimum Gasteiger partial charge on any atom is -0.454 e. The maximum Gasteiger partial charge on any atom is 0.244 e. The number of hydrogen-bond acceptors (Lipinski definition) is 5. The number of carbonyl (C=O) groups is 1. The lowest BCUT2D eigenvalue weighted by Gasteiger charge is -2.05. The number of carbonyl (C=O) groups excluding carboxylic acids is 1. The molecule has 1 N–H and O–H groups in total. The first-order valence-electron chi connectivity index (χ1n) is 8.49. The van der Waals surface area contributed by atoms with Gasteiger partial charge in [0.05, 0.1) is 5.69 Å². The molecule has 0 atom stereocenters. The molecule has 0 aliphatic carbocycles. The number of nitrogens with one attached hydrogen (secondary N) is 1. The van der Waals surface area contributed by atoms with Crippen molar-refractivity contribution in [1.29, 1.82) is 0 Å². The minimum absolute atomic E-state index is 0.174. The van der Waals surface area contributed by atoms with Crippen LogP contribution in [0, 0.1) is 0 Å². The van der Waals surface area contributed by atoms with E-state index in [0.717, 1.165) is 28.1 Å². The predicted octanol–water partition coefficient (Wildman–Crippen LogP) is 3.20. The van der Waals surface area contributed by atoms with Gasteiger partial charge in [-0.25, -0.2) is 0 Å². The number of amides is 1. The molecule has 6 heteroatoms. The lowest BCUT2D eigenvalue weighted by atomic mass is 10.1. The van der Waals surface area contributed by atoms with Crippen LogP contribution in [-0.2, 0) is 11.3 Å². The van der Waals surface area contributed by atoms with Crippen LogP contribution in [0.25, 0.3) is 17.3 Å². The highest BCUT2D eigenvalue weighted by Crippen LogP contribution is 2.32. The number of pyridine rings is 2. The van der Waals surface area contributed by atoms with Crippen molar-refractivity contribution in [3.63, 3.8) is 0 Å². The van der Waals surface area contributed by atoms with Crippen LogP contribution >= 0.6 is 0 Å². The molecule has 2 aromatic heterocycles. The van der Waals surface area contributed by atoms with Crippen LogP contribution in [0.2, 0.25) is 0 Å². The molecule has 1 aliphatic rings. The van der Waals surface area contributed by atoms with Gasteiger partial charge in [0.1, 0.15) is 0 Å². The first-order valence-corrected chi connectivity index (χ1v) is 8.49. The summed E-state index contributed by atoms with van der Waals surface area (Å²) in [6.45, 7) is 0.649. The maximum absolute atomic E-state index is 12.1. The molecule has 0 radical (unpaired) electrons. The van der Waals surface area contributed by atoms with E-state index in [9.17, 15) is 4.79 Å². The van der Waals surface area contributed by atoms with Crippen molar-refractivity contribution in [3.05, 3.63) is 78.3 Å². The van der Waals surface area contributed by atoms with Crippen LogP contribution < -0.4 is 14.8 Å². The van der Waals surface area contributed by atoms with Crippen LogP contribution in [0.1, 0.15) is 11.1 Å². The standard InChI is InChI=1S/C21H17N3O3/c25-21(6-4-15-3-5-19-20(11-15)27-14-26-19)24-12-16-7-9-23-18(10-16)17-2-1-8-22-13-17/h1-11,13H,12,14H2,(H,24,25). The molecule has 27 heavy (non-hydrogen) atoms. The quantitative estimate of drug-likeness (QED) is 0.708. The summed E-state index contributed by atoms with van der Waals surface area (Å²) in [4.78, 5) is 20.6. The summed E-state index contributed by atoms with van der Waals surface area (Å²) >= 11 is 0. The summed E-state index contributed by atoms with van der Waals surface area (Å²) in [5.74, 6) is 1.24. The van der Waals surface area contributed by atoms with Gasteiger partial charge in [-0.05, 0) is 53.6 Å². The van der Waals surface area contributed by atoms with E-state index < -0.39 is 0 Å². The van der Waals surface area contributed by atoms with Gasteiger partial charge in [-0.2, -0.15) is 0 Å². The Labute approximate surface area is 156 Å². The van der Waals surface area contributed by atoms with E-state index in [4.69, 9.17) is 9.47 Å². The highest BCUT2D eigenvalue weighted by molar-refractivity contribution is 5.91. The van der Waals surface area contributed by atoms with Gasteiger partial charge in [0, 0.05) is 36.8 Å². The molecule has 1 aromatic carbocycles. The third-order valence-corrected chi connectivity index (χ3v) is 4.07. The Balaban J connectivity index is 1.37. The molecule has 3 aromatic rings. The van der Waals surface area contributed by atoms with Gasteiger partial charge in [-0.3, -0.25) is 14.8 Å². The van der Waals surface area contributed by atoms with Crippen LogP contribution in [0.3, 0.4) is 0 Å². The number of nitrogens with zero attached hydrogens (tertiary/aromatic N) is 2. The topological polar surface area (TPSA) is 73.3 Å². The molecule has 0 saturated carbocycles. The van der Waals surface area contributed by atoms with Gasteiger partial charge >= 0.3 is 0 Å². The number of rotatable bonds is 5. The van der Waals surface area contributed by atoms with Gasteiger partial charge in [-0.15, -0.1) is 0 Å². The second-order valence-electron chi connectivity index (χ2n) is 5.95. The van der Waals surface area contributed by atoms with Crippen molar-refractivity contribution in [2.24, 2.45) is 0 Å². The van der Waals surface area contributed by atoms with Crippen LogP contribution in [0.4, 0.5) is 0 Å². The highest BCUT2D eigenvalue weighted by Gasteiger charge is 2.12. The number of fused-ring (bicyclic) bond motifs is 1. The Kier molecular flexibility index (Phi) is 4.78. The normalized spacial score (nSPS) is 12.3. The molecule has 0 saturated heterocycles. The van der Waals surface area contributed by atoms with Gasteiger partial charge in [-0.1, -0.05) is 6.07 Å². The molecule has 4 rings (SSSR count). The Hall–Kier alpha value is -3.67. The van der Waals surface area contributed by atoms with E-state index in [1.807, 2.05) is 42.5 Å². The Morgan fingerprint density at radius 1 is 1.11 bits per heavy atom. The van der Waals surface area contributed by atoms with E-state index in [2.05, 4.69) is 15.3 Å². The molecule has 0 fully saturated rings. The van der Waals surface area contributed by atoms with Gasteiger partial charge in [0.25, 0.3) is 0 Å². The molecule has 6 nitrogen and oxygen atoms in total. The summed E-state index contributed by atoms with van der Waals surface area (Å²) in [5.41, 5.74) is 3.60. The lowest BCUT2D eigenvalue weighted by Crippen LogP contribution is -2.20. The Morgan fingerprint density at radius 3 is 2.93 bits per heavy atom. The summed E-state index contributed by atoms with van der Waals surface area (Å²) in [6.07, 6.45) is 8.46. The highest BCUT2D eigenvalue weighted by atomic mass is 16.7. The van der Waals surface area contributed by atoms with Gasteiger partial charge in [0.2, 0.25) is 12.7 Å². The fraction of sp³-hybridized carbons (Fsp3) is 0.0952. The smallest absolute Gasteiger partial charge is 0.244 e. The van der Waals surface area contributed by atoms with Crippen LogP contribution in [0.5, 0.6) is 11.5 Å². The molecular weight excluding hydrogens is 342 g/mol. The zero-order valence-corrected chi connectivity index (χ0v) is 14.5. The van der Waals surface area contributed by atoms with Crippen molar-refractivity contribution >= 4 is 12.0 Å². The fourth-order valence-electron chi connectivity index (χ4n) is 2.69. The molecule has 134 valence electrons. The summed E-state index contributed by atoms with van der Waals surface area (Å²) in [7, 11) is 0. The second-order valence-corrected chi connectivity index (χ2v) is 5.95. The zero-order valence-electron chi connectivity index (χ0n) is 14.5. The van der Waals surface area contributed by atoms with Crippen LogP contribution in [-0.4, -0.2) is 22.7 Å². The fourth-order valence-corrected chi connectivity index (χ4v) is 2.69. The molecule has 1 aliphatic heterocycles. The van der Waals surface area contributed by atoms with E-state index >= 15 is 0 Å². The zero-order chi connectivity index (χ0) is 18.5. The Morgan fingerprint density at radius 2 is 2.04 bits per heavy atom. The SMILES string of the molecule is O=C(C=Cc1ccc2c(c1)OCO2)NCc1ccnc(-c2cccnc2)c1. The third-order valence-electron chi connectivity index (χ3n) is 4.07. The van der Waals surface area contributed by atoms with E-state index in [-0.39, 0.29) is 12.7 Å². The maximum atomic E-state index is 12.1. The van der Waals surface area contributed by atoms with E-state index in [1.165, 1.54) is 6.08 Å². The first-order chi connectivity index (χ1) is 13.3. The summed E-state index contributed by atoms with van der Waals surface area (Å²) in [5, 5.41) is 2.88. The monoisotopic (exact) mass is 359 g/mol. The molecule has 0 bridgehead atoms. The molecule has 0 spiro atoms. The number of hydrogen-bond donors (Lipinski definition) is 1. The summed E-state index contributed by atoms with van der Waals surface area (Å²) in [6, 6.07) is 13.2.